The number of sulfonamides is 1. The highest BCUT2D eigenvalue weighted by atomic mass is 32.2. The Morgan fingerprint density at radius 2 is 2.08 bits per heavy atom. The first-order valence-corrected chi connectivity index (χ1v) is 10.7. The third kappa shape index (κ3) is 3.30. The van der Waals surface area contributed by atoms with Crippen LogP contribution in [0.3, 0.4) is 0 Å². The van der Waals surface area contributed by atoms with Gasteiger partial charge in [-0.15, -0.1) is 0 Å². The van der Waals surface area contributed by atoms with Crippen molar-refractivity contribution in [2.24, 2.45) is 22.4 Å². The number of rotatable bonds is 7. The summed E-state index contributed by atoms with van der Waals surface area (Å²) in [4.78, 5) is 4.39. The Kier molecular flexibility index (Phi) is 5.21. The van der Waals surface area contributed by atoms with E-state index in [2.05, 4.69) is 35.4 Å². The monoisotopic (exact) mass is 376 g/mol. The molecule has 1 heterocycles. The van der Waals surface area contributed by atoms with E-state index in [0.717, 1.165) is 12.3 Å². The standard InChI is InChI=1S/C19H28N4O2S/c1-5-23(6-2)26(24,25)16-9-10-18(20-13-16)22-21-12-14-7-8-15-11-17(14)19(15,3)4/h7,9-10,12-13,15,17H,5-6,8,11H2,1-4H3,(H,20,22)/b21-12-/t15-,17-/m0/s1. The van der Waals surface area contributed by atoms with Gasteiger partial charge in [0.2, 0.25) is 10.0 Å². The fraction of sp³-hybridized carbons (Fsp3) is 0.579. The zero-order chi connectivity index (χ0) is 18.9. The second-order valence-electron chi connectivity index (χ2n) is 7.58. The molecule has 2 bridgehead atoms. The van der Waals surface area contributed by atoms with Crippen LogP contribution in [0.2, 0.25) is 0 Å². The summed E-state index contributed by atoms with van der Waals surface area (Å²) >= 11 is 0. The Bertz CT molecular complexity index is 808. The Balaban J connectivity index is 1.64. The highest BCUT2D eigenvalue weighted by Crippen LogP contribution is 2.58. The molecule has 6 nitrogen and oxygen atoms in total. The minimum Gasteiger partial charge on any atom is -0.261 e. The first-order valence-electron chi connectivity index (χ1n) is 9.26. The van der Waals surface area contributed by atoms with Crippen molar-refractivity contribution in [1.82, 2.24) is 9.29 Å². The maximum Gasteiger partial charge on any atom is 0.244 e. The number of anilines is 1. The fourth-order valence-corrected chi connectivity index (χ4v) is 5.43. The second kappa shape index (κ2) is 7.12. The van der Waals surface area contributed by atoms with Gasteiger partial charge in [0, 0.05) is 19.3 Å². The van der Waals surface area contributed by atoms with Crippen LogP contribution in [-0.2, 0) is 10.0 Å². The molecule has 0 aliphatic heterocycles. The van der Waals surface area contributed by atoms with Gasteiger partial charge in [-0.3, -0.25) is 5.43 Å². The number of hydrogen-bond donors (Lipinski definition) is 1. The normalized spacial score (nSPS) is 24.4. The molecule has 0 spiro atoms. The van der Waals surface area contributed by atoms with Crippen LogP contribution < -0.4 is 5.43 Å². The van der Waals surface area contributed by atoms with Gasteiger partial charge in [-0.25, -0.2) is 13.4 Å². The number of allylic oxidation sites excluding steroid dienone is 2. The molecule has 4 rings (SSSR count). The Labute approximate surface area is 156 Å². The van der Waals surface area contributed by atoms with Crippen LogP contribution in [0.1, 0.15) is 40.5 Å². The van der Waals surface area contributed by atoms with E-state index >= 15 is 0 Å². The van der Waals surface area contributed by atoms with Crippen LogP contribution in [-0.4, -0.2) is 37.0 Å². The summed E-state index contributed by atoms with van der Waals surface area (Å²) in [6, 6.07) is 3.21. The van der Waals surface area contributed by atoms with Crippen molar-refractivity contribution in [2.75, 3.05) is 18.5 Å². The average Bonchev–Trinajstić information content (AvgIpc) is 2.63. The highest BCUT2D eigenvalue weighted by molar-refractivity contribution is 7.89. The molecule has 7 heteroatoms. The Morgan fingerprint density at radius 3 is 2.62 bits per heavy atom. The lowest BCUT2D eigenvalue weighted by Gasteiger charge is -2.55. The zero-order valence-corrected chi connectivity index (χ0v) is 16.8. The molecule has 0 aromatic carbocycles. The zero-order valence-electron chi connectivity index (χ0n) is 15.9. The van der Waals surface area contributed by atoms with E-state index in [4.69, 9.17) is 0 Å². The largest absolute Gasteiger partial charge is 0.261 e. The summed E-state index contributed by atoms with van der Waals surface area (Å²) in [5.74, 6) is 1.92. The predicted molar refractivity (Wildman–Crippen MR) is 105 cm³/mol. The van der Waals surface area contributed by atoms with E-state index < -0.39 is 10.0 Å². The average molecular weight is 377 g/mol. The molecule has 1 fully saturated rings. The molecule has 0 unspecified atom stereocenters. The molecule has 0 amide bonds. The van der Waals surface area contributed by atoms with Crippen molar-refractivity contribution in [3.63, 3.8) is 0 Å². The van der Waals surface area contributed by atoms with Gasteiger partial charge in [0.15, 0.2) is 0 Å². The van der Waals surface area contributed by atoms with Gasteiger partial charge < -0.3 is 0 Å². The molecule has 142 valence electrons. The van der Waals surface area contributed by atoms with Crippen LogP contribution in [0.25, 0.3) is 0 Å². The predicted octanol–water partition coefficient (Wildman–Crippen LogP) is 3.50. The van der Waals surface area contributed by atoms with Crippen LogP contribution in [0.15, 0.2) is 40.0 Å². The summed E-state index contributed by atoms with van der Waals surface area (Å²) in [5.41, 5.74) is 4.55. The summed E-state index contributed by atoms with van der Waals surface area (Å²) in [7, 11) is -3.48. The van der Waals surface area contributed by atoms with Gasteiger partial charge in [0.05, 0.1) is 6.21 Å². The van der Waals surface area contributed by atoms with E-state index in [9.17, 15) is 8.42 Å². The van der Waals surface area contributed by atoms with Gasteiger partial charge in [-0.1, -0.05) is 33.8 Å². The SMILES string of the molecule is CCN(CC)S(=O)(=O)c1ccc(N/N=C\C2=CC[C@H]3C[C@@H]2C3(C)C)nc1. The topological polar surface area (TPSA) is 74.7 Å². The van der Waals surface area contributed by atoms with E-state index in [-0.39, 0.29) is 4.90 Å². The Morgan fingerprint density at radius 1 is 1.35 bits per heavy atom. The van der Waals surface area contributed by atoms with Gasteiger partial charge in [0.25, 0.3) is 0 Å². The maximum absolute atomic E-state index is 12.5. The molecular formula is C19H28N4O2S. The molecule has 2 atom stereocenters. The van der Waals surface area contributed by atoms with Crippen LogP contribution in [0, 0.1) is 17.3 Å². The number of fused-ring (bicyclic) bond motifs is 1. The first-order chi connectivity index (χ1) is 12.3. The van der Waals surface area contributed by atoms with E-state index in [1.807, 2.05) is 20.1 Å². The lowest BCUT2D eigenvalue weighted by atomic mass is 9.49. The van der Waals surface area contributed by atoms with Crippen molar-refractivity contribution in [3.05, 3.63) is 30.0 Å². The third-order valence-electron chi connectivity index (χ3n) is 5.98. The van der Waals surface area contributed by atoms with Gasteiger partial charge >= 0.3 is 0 Å². The number of nitrogens with one attached hydrogen (secondary N) is 1. The van der Waals surface area contributed by atoms with Gasteiger partial charge in [0.1, 0.15) is 10.7 Å². The maximum atomic E-state index is 12.5. The van der Waals surface area contributed by atoms with Crippen LogP contribution in [0.5, 0.6) is 0 Å². The number of nitrogens with zero attached hydrogens (tertiary/aromatic N) is 3. The van der Waals surface area contributed by atoms with Gasteiger partial charge in [-0.05, 0) is 47.8 Å². The molecule has 0 saturated heterocycles. The lowest BCUT2D eigenvalue weighted by Crippen LogP contribution is -2.48. The van der Waals surface area contributed by atoms with Crippen molar-refractivity contribution < 1.29 is 8.42 Å². The lowest BCUT2D eigenvalue weighted by molar-refractivity contribution is -0.00124. The number of hydrazone groups is 1. The molecule has 26 heavy (non-hydrogen) atoms. The van der Waals surface area contributed by atoms with E-state index in [1.165, 1.54) is 22.5 Å². The van der Waals surface area contributed by atoms with Crippen LogP contribution in [0.4, 0.5) is 5.82 Å². The van der Waals surface area contributed by atoms with Crippen molar-refractivity contribution in [1.29, 1.82) is 0 Å². The van der Waals surface area contributed by atoms with Crippen molar-refractivity contribution in [3.8, 4) is 0 Å². The number of pyridine rings is 1. The first kappa shape index (κ1) is 19.0. The molecule has 3 aliphatic rings. The third-order valence-corrected chi connectivity index (χ3v) is 8.02. The summed E-state index contributed by atoms with van der Waals surface area (Å²) in [6.07, 6.45) is 7.92. The molecule has 0 radical (unpaired) electrons. The van der Waals surface area contributed by atoms with E-state index in [0.29, 0.717) is 30.2 Å². The molecule has 1 N–H and O–H groups in total. The second-order valence-corrected chi connectivity index (χ2v) is 9.52. The molecule has 1 aromatic rings. The molecular weight excluding hydrogens is 348 g/mol. The van der Waals surface area contributed by atoms with E-state index in [1.54, 1.807) is 12.1 Å². The smallest absolute Gasteiger partial charge is 0.244 e. The molecule has 1 aromatic heterocycles. The minimum absolute atomic E-state index is 0.202. The Hall–Kier alpha value is -1.73. The minimum atomic E-state index is -3.48. The molecule has 3 aliphatic carbocycles. The summed E-state index contributed by atoms with van der Waals surface area (Å²) in [6.45, 7) is 9.19. The molecule has 1 saturated carbocycles. The summed E-state index contributed by atoms with van der Waals surface area (Å²) < 4.78 is 26.3. The fourth-order valence-electron chi connectivity index (χ4n) is 4.03. The van der Waals surface area contributed by atoms with Gasteiger partial charge in [-0.2, -0.15) is 9.41 Å². The summed E-state index contributed by atoms with van der Waals surface area (Å²) in [5, 5.41) is 4.30. The van der Waals surface area contributed by atoms with Crippen LogP contribution >= 0.6 is 0 Å². The number of hydrogen-bond acceptors (Lipinski definition) is 5. The number of aromatic nitrogens is 1. The highest BCUT2D eigenvalue weighted by Gasteiger charge is 2.50. The van der Waals surface area contributed by atoms with Crippen molar-refractivity contribution in [2.45, 2.75) is 45.4 Å². The quantitative estimate of drug-likeness (QED) is 0.584. The van der Waals surface area contributed by atoms with Crippen molar-refractivity contribution >= 4 is 22.1 Å².